The standard InChI is InChI=1S/C20H24N4O.HI/c1-21-20(22-15-18-9-6-10-19(23-18)25-2)24-13-11-17(12-14-24)16-7-4-3-5-8-16;/h3-11H,12-15H2,1-2H3,(H,21,22);1H. The maximum Gasteiger partial charge on any atom is 0.213 e. The van der Waals surface area contributed by atoms with Crippen LogP contribution in [0.5, 0.6) is 5.88 Å². The molecule has 0 fully saturated rings. The lowest BCUT2D eigenvalue weighted by Crippen LogP contribution is -2.43. The van der Waals surface area contributed by atoms with Crippen LogP contribution in [0.3, 0.4) is 0 Å². The summed E-state index contributed by atoms with van der Waals surface area (Å²) < 4.78 is 5.17. The number of guanidine groups is 1. The number of ether oxygens (including phenoxy) is 1. The van der Waals surface area contributed by atoms with E-state index < -0.39 is 0 Å². The number of rotatable bonds is 4. The van der Waals surface area contributed by atoms with Crippen LogP contribution in [0, 0.1) is 0 Å². The smallest absolute Gasteiger partial charge is 0.213 e. The molecule has 1 N–H and O–H groups in total. The second-order valence-corrected chi connectivity index (χ2v) is 5.86. The summed E-state index contributed by atoms with van der Waals surface area (Å²) in [6.45, 7) is 2.43. The maximum absolute atomic E-state index is 5.17. The zero-order chi connectivity index (χ0) is 17.5. The van der Waals surface area contributed by atoms with Crippen LogP contribution in [0.25, 0.3) is 5.57 Å². The van der Waals surface area contributed by atoms with Crippen molar-refractivity contribution in [2.75, 3.05) is 27.2 Å². The Morgan fingerprint density at radius 3 is 2.65 bits per heavy atom. The van der Waals surface area contributed by atoms with Gasteiger partial charge in [-0.05, 0) is 23.6 Å². The van der Waals surface area contributed by atoms with Gasteiger partial charge in [0.25, 0.3) is 0 Å². The fourth-order valence-corrected chi connectivity index (χ4v) is 2.95. The first-order valence-electron chi connectivity index (χ1n) is 8.50. The minimum atomic E-state index is 0. The van der Waals surface area contributed by atoms with E-state index in [2.05, 4.69) is 56.6 Å². The number of halogens is 1. The Hall–Kier alpha value is -2.09. The van der Waals surface area contributed by atoms with Gasteiger partial charge in [0.15, 0.2) is 5.96 Å². The van der Waals surface area contributed by atoms with E-state index in [-0.39, 0.29) is 24.0 Å². The Morgan fingerprint density at radius 1 is 1.19 bits per heavy atom. The second-order valence-electron chi connectivity index (χ2n) is 5.86. The van der Waals surface area contributed by atoms with Gasteiger partial charge in [-0.15, -0.1) is 24.0 Å². The van der Waals surface area contributed by atoms with E-state index in [0.29, 0.717) is 12.4 Å². The Morgan fingerprint density at radius 2 is 2.00 bits per heavy atom. The topological polar surface area (TPSA) is 49.8 Å². The van der Waals surface area contributed by atoms with Crippen LogP contribution < -0.4 is 10.1 Å². The molecule has 0 saturated carbocycles. The molecule has 6 heteroatoms. The largest absolute Gasteiger partial charge is 0.481 e. The molecule has 138 valence electrons. The molecule has 1 aromatic carbocycles. The Balaban J connectivity index is 0.00000243. The molecule has 0 bridgehead atoms. The average Bonchev–Trinajstić information content (AvgIpc) is 2.70. The highest BCUT2D eigenvalue weighted by molar-refractivity contribution is 14.0. The number of pyridine rings is 1. The van der Waals surface area contributed by atoms with Crippen molar-refractivity contribution >= 4 is 35.5 Å². The maximum atomic E-state index is 5.17. The third-order valence-corrected chi connectivity index (χ3v) is 4.28. The van der Waals surface area contributed by atoms with E-state index in [4.69, 9.17) is 4.74 Å². The third-order valence-electron chi connectivity index (χ3n) is 4.28. The minimum absolute atomic E-state index is 0. The second kappa shape index (κ2) is 10.2. The zero-order valence-corrected chi connectivity index (χ0v) is 17.5. The van der Waals surface area contributed by atoms with E-state index >= 15 is 0 Å². The molecule has 0 radical (unpaired) electrons. The zero-order valence-electron chi connectivity index (χ0n) is 15.2. The van der Waals surface area contributed by atoms with Gasteiger partial charge in [0.1, 0.15) is 0 Å². The fourth-order valence-electron chi connectivity index (χ4n) is 2.95. The lowest BCUT2D eigenvalue weighted by atomic mass is 10.00. The number of nitrogens with one attached hydrogen (secondary N) is 1. The van der Waals surface area contributed by atoms with Gasteiger partial charge >= 0.3 is 0 Å². The van der Waals surface area contributed by atoms with E-state index in [9.17, 15) is 0 Å². The summed E-state index contributed by atoms with van der Waals surface area (Å²) in [4.78, 5) is 11.1. The van der Waals surface area contributed by atoms with E-state index in [1.54, 1.807) is 7.11 Å². The number of hydrogen-bond acceptors (Lipinski definition) is 3. The number of benzene rings is 1. The van der Waals surface area contributed by atoms with Crippen LogP contribution in [0.1, 0.15) is 17.7 Å². The Labute approximate surface area is 172 Å². The third kappa shape index (κ3) is 5.20. The molecular weight excluding hydrogens is 439 g/mol. The molecule has 0 unspecified atom stereocenters. The van der Waals surface area contributed by atoms with Crippen molar-refractivity contribution in [2.45, 2.75) is 13.0 Å². The normalized spacial score (nSPS) is 14.3. The highest BCUT2D eigenvalue weighted by Gasteiger charge is 2.16. The van der Waals surface area contributed by atoms with Crippen molar-refractivity contribution in [3.63, 3.8) is 0 Å². The van der Waals surface area contributed by atoms with Crippen LogP contribution in [0.15, 0.2) is 59.6 Å². The first-order chi connectivity index (χ1) is 12.3. The summed E-state index contributed by atoms with van der Waals surface area (Å²) in [5.74, 6) is 1.52. The van der Waals surface area contributed by atoms with Crippen molar-refractivity contribution < 1.29 is 4.74 Å². The van der Waals surface area contributed by atoms with Crippen molar-refractivity contribution in [3.05, 3.63) is 65.9 Å². The molecule has 3 rings (SSSR count). The number of hydrogen-bond donors (Lipinski definition) is 1. The molecule has 0 amide bonds. The van der Waals surface area contributed by atoms with Crippen molar-refractivity contribution in [1.29, 1.82) is 0 Å². The Kier molecular flexibility index (Phi) is 7.90. The summed E-state index contributed by atoms with van der Waals surface area (Å²) in [5.41, 5.74) is 3.64. The van der Waals surface area contributed by atoms with E-state index in [0.717, 1.165) is 31.2 Å². The lowest BCUT2D eigenvalue weighted by Gasteiger charge is -2.29. The van der Waals surface area contributed by atoms with Crippen LogP contribution in [0.4, 0.5) is 0 Å². The first kappa shape index (κ1) is 20.2. The SMILES string of the molecule is CN=C(NCc1cccc(OC)n1)N1CC=C(c2ccccc2)CC1.I. The van der Waals surface area contributed by atoms with Crippen molar-refractivity contribution in [1.82, 2.24) is 15.2 Å². The average molecular weight is 464 g/mol. The summed E-state index contributed by atoms with van der Waals surface area (Å²) in [5, 5.41) is 3.39. The fraction of sp³-hybridized carbons (Fsp3) is 0.300. The summed E-state index contributed by atoms with van der Waals surface area (Å²) >= 11 is 0. The molecule has 5 nitrogen and oxygen atoms in total. The lowest BCUT2D eigenvalue weighted by molar-refractivity contribution is 0.395. The highest BCUT2D eigenvalue weighted by Crippen LogP contribution is 2.22. The van der Waals surface area contributed by atoms with Gasteiger partial charge in [0, 0.05) is 26.2 Å². The molecule has 2 heterocycles. The number of aliphatic imine (C=N–C) groups is 1. The predicted octanol–water partition coefficient (Wildman–Crippen LogP) is 3.57. The molecule has 0 saturated heterocycles. The van der Waals surface area contributed by atoms with E-state index in [1.807, 2.05) is 25.2 Å². The molecule has 1 aromatic heterocycles. The molecule has 1 aliphatic rings. The van der Waals surface area contributed by atoms with Crippen LogP contribution >= 0.6 is 24.0 Å². The van der Waals surface area contributed by atoms with Crippen molar-refractivity contribution in [3.8, 4) is 5.88 Å². The predicted molar refractivity (Wildman–Crippen MR) is 117 cm³/mol. The first-order valence-corrected chi connectivity index (χ1v) is 8.50. The van der Waals surface area contributed by atoms with Gasteiger partial charge in [-0.1, -0.05) is 42.5 Å². The highest BCUT2D eigenvalue weighted by atomic mass is 127. The van der Waals surface area contributed by atoms with Gasteiger partial charge in [0.2, 0.25) is 5.88 Å². The van der Waals surface area contributed by atoms with E-state index in [1.165, 1.54) is 11.1 Å². The van der Waals surface area contributed by atoms with Crippen molar-refractivity contribution in [2.24, 2.45) is 4.99 Å². The summed E-state index contributed by atoms with van der Waals surface area (Å²) in [6, 6.07) is 16.3. The number of methoxy groups -OCH3 is 1. The number of nitrogens with zero attached hydrogens (tertiary/aromatic N) is 3. The molecule has 0 atom stereocenters. The van der Waals surface area contributed by atoms with Gasteiger partial charge in [0.05, 0.1) is 19.3 Å². The Bertz CT molecular complexity index is 761. The minimum Gasteiger partial charge on any atom is -0.481 e. The van der Waals surface area contributed by atoms with Gasteiger partial charge < -0.3 is 15.0 Å². The summed E-state index contributed by atoms with van der Waals surface area (Å²) in [7, 11) is 3.45. The van der Waals surface area contributed by atoms with Gasteiger partial charge in [-0.25, -0.2) is 4.98 Å². The molecule has 26 heavy (non-hydrogen) atoms. The quantitative estimate of drug-likeness (QED) is 0.427. The van der Waals surface area contributed by atoms with Gasteiger partial charge in [-0.3, -0.25) is 4.99 Å². The molecule has 0 aliphatic carbocycles. The van der Waals surface area contributed by atoms with Gasteiger partial charge in [-0.2, -0.15) is 0 Å². The molecule has 1 aliphatic heterocycles. The molecule has 2 aromatic rings. The molecule has 0 spiro atoms. The van der Waals surface area contributed by atoms with Crippen LogP contribution in [-0.4, -0.2) is 43.1 Å². The summed E-state index contributed by atoms with van der Waals surface area (Å²) in [6.07, 6.45) is 3.30. The number of aromatic nitrogens is 1. The van der Waals surface area contributed by atoms with Crippen LogP contribution in [0.2, 0.25) is 0 Å². The van der Waals surface area contributed by atoms with Crippen LogP contribution in [-0.2, 0) is 6.54 Å². The monoisotopic (exact) mass is 464 g/mol. The molecular formula is C20H25IN4O.